The topological polar surface area (TPSA) is 237 Å². The van der Waals surface area contributed by atoms with Gasteiger partial charge < -0.3 is 33.8 Å². The van der Waals surface area contributed by atoms with Crippen LogP contribution in [0.1, 0.15) is 420 Å². The van der Waals surface area contributed by atoms with Gasteiger partial charge in [0.25, 0.3) is 0 Å². The van der Waals surface area contributed by atoms with Crippen LogP contribution in [0, 0.1) is 5.92 Å². The number of hydrogen-bond donors (Lipinski definition) is 3. The molecule has 3 N–H and O–H groups in total. The highest BCUT2D eigenvalue weighted by Crippen LogP contribution is 2.45. The zero-order valence-corrected chi connectivity index (χ0v) is 65.7. The van der Waals surface area contributed by atoms with Crippen LogP contribution in [0.15, 0.2) is 0 Å². The number of unbranched alkanes of at least 4 members (excludes halogenated alkanes) is 50. The fourth-order valence-electron chi connectivity index (χ4n) is 12.2. The molecule has 0 aliphatic carbocycles. The molecule has 0 radical (unpaired) electrons. The molecule has 0 saturated heterocycles. The molecule has 0 aromatic rings. The SMILES string of the molecule is CCCCCCCCCCCCCCCCCCCCCC(=O)O[C@H](COC(=O)CCCCCCCCCCCCCCCCCCCC)COP(=O)(O)OC[C@@H](O)COP(=O)(O)OC[C@@H](COC(=O)CCCCCCCCCCC)OC(=O)CCCCCCCCCCC(C)CC. The molecule has 0 amide bonds. The number of hydrogen-bond acceptors (Lipinski definition) is 15. The maximum atomic E-state index is 13.1. The van der Waals surface area contributed by atoms with E-state index in [1.54, 1.807) is 0 Å². The highest BCUT2D eigenvalue weighted by molar-refractivity contribution is 7.47. The van der Waals surface area contributed by atoms with Crippen molar-refractivity contribution in [3.63, 3.8) is 0 Å². The number of phosphoric acid groups is 2. The van der Waals surface area contributed by atoms with Crippen LogP contribution in [0.25, 0.3) is 0 Å². The molecule has 582 valence electrons. The van der Waals surface area contributed by atoms with Gasteiger partial charge in [0, 0.05) is 25.7 Å². The van der Waals surface area contributed by atoms with Gasteiger partial charge in [0.15, 0.2) is 12.2 Å². The van der Waals surface area contributed by atoms with Crippen LogP contribution >= 0.6 is 15.6 Å². The molecule has 0 rings (SSSR count). The summed E-state index contributed by atoms with van der Waals surface area (Å²) in [7, 11) is -9.91. The Bertz CT molecular complexity index is 1880. The van der Waals surface area contributed by atoms with E-state index in [1.807, 2.05) is 0 Å². The summed E-state index contributed by atoms with van der Waals surface area (Å²) in [4.78, 5) is 72.9. The minimum Gasteiger partial charge on any atom is -0.462 e. The molecule has 0 heterocycles. The highest BCUT2D eigenvalue weighted by Gasteiger charge is 2.30. The molecule has 3 unspecified atom stereocenters. The second kappa shape index (κ2) is 72.0. The van der Waals surface area contributed by atoms with Crippen molar-refractivity contribution in [1.82, 2.24) is 0 Å². The number of ether oxygens (including phenoxy) is 4. The van der Waals surface area contributed by atoms with Crippen LogP contribution in [0.2, 0.25) is 0 Å². The number of esters is 4. The smallest absolute Gasteiger partial charge is 0.462 e. The third kappa shape index (κ3) is 71.1. The van der Waals surface area contributed by atoms with Gasteiger partial charge in [-0.05, 0) is 31.6 Å². The van der Waals surface area contributed by atoms with Gasteiger partial charge in [0.05, 0.1) is 26.4 Å². The van der Waals surface area contributed by atoms with Crippen molar-refractivity contribution in [1.29, 1.82) is 0 Å². The summed E-state index contributed by atoms with van der Waals surface area (Å²) in [6.07, 6.45) is 62.5. The summed E-state index contributed by atoms with van der Waals surface area (Å²) < 4.78 is 68.6. The molecule has 0 bridgehead atoms. The van der Waals surface area contributed by atoms with E-state index in [9.17, 15) is 43.2 Å². The molecule has 0 aliphatic heterocycles. The van der Waals surface area contributed by atoms with Gasteiger partial charge >= 0.3 is 39.5 Å². The molecule has 0 fully saturated rings. The minimum absolute atomic E-state index is 0.105. The fraction of sp³-hybridized carbons (Fsp3) is 0.949. The lowest BCUT2D eigenvalue weighted by molar-refractivity contribution is -0.161. The summed E-state index contributed by atoms with van der Waals surface area (Å²) in [6, 6.07) is 0. The molecular formula is C79H154O17P2. The van der Waals surface area contributed by atoms with E-state index < -0.39 is 97.5 Å². The van der Waals surface area contributed by atoms with Crippen molar-refractivity contribution in [3.05, 3.63) is 0 Å². The fourth-order valence-corrected chi connectivity index (χ4v) is 13.8. The number of rotatable bonds is 79. The first-order valence-corrected chi connectivity index (χ1v) is 44.2. The van der Waals surface area contributed by atoms with E-state index in [-0.39, 0.29) is 25.7 Å². The lowest BCUT2D eigenvalue weighted by Crippen LogP contribution is -2.30. The Kier molecular flexibility index (Phi) is 70.6. The van der Waals surface area contributed by atoms with E-state index in [0.717, 1.165) is 95.8 Å². The van der Waals surface area contributed by atoms with Crippen LogP contribution in [-0.2, 0) is 65.4 Å². The second-order valence-electron chi connectivity index (χ2n) is 28.7. The van der Waals surface area contributed by atoms with Gasteiger partial charge in [-0.25, -0.2) is 9.13 Å². The van der Waals surface area contributed by atoms with E-state index in [1.165, 1.54) is 244 Å². The first-order chi connectivity index (χ1) is 47.6. The third-order valence-electron chi connectivity index (χ3n) is 18.9. The predicted octanol–water partition coefficient (Wildman–Crippen LogP) is 23.6. The molecule has 0 aliphatic rings. The molecule has 0 spiro atoms. The van der Waals surface area contributed by atoms with Gasteiger partial charge in [-0.2, -0.15) is 0 Å². The summed E-state index contributed by atoms with van der Waals surface area (Å²) in [6.45, 7) is 7.29. The van der Waals surface area contributed by atoms with Crippen molar-refractivity contribution in [2.75, 3.05) is 39.6 Å². The van der Waals surface area contributed by atoms with Crippen molar-refractivity contribution >= 4 is 39.5 Å². The summed E-state index contributed by atoms with van der Waals surface area (Å²) in [5.41, 5.74) is 0. The monoisotopic (exact) mass is 1440 g/mol. The second-order valence-corrected chi connectivity index (χ2v) is 31.6. The first kappa shape index (κ1) is 96.1. The molecule has 0 aromatic heterocycles. The van der Waals surface area contributed by atoms with Crippen LogP contribution in [0.5, 0.6) is 0 Å². The van der Waals surface area contributed by atoms with Crippen LogP contribution < -0.4 is 0 Å². The number of phosphoric ester groups is 2. The average Bonchev–Trinajstić information content (AvgIpc) is 1.11. The van der Waals surface area contributed by atoms with Crippen LogP contribution in [0.3, 0.4) is 0 Å². The lowest BCUT2D eigenvalue weighted by atomic mass is 9.99. The Labute approximate surface area is 600 Å². The summed E-state index contributed by atoms with van der Waals surface area (Å²) in [5.74, 6) is -1.34. The van der Waals surface area contributed by atoms with Crippen LogP contribution in [-0.4, -0.2) is 96.7 Å². The average molecular weight is 1440 g/mol. The highest BCUT2D eigenvalue weighted by atomic mass is 31.2. The molecule has 98 heavy (non-hydrogen) atoms. The van der Waals surface area contributed by atoms with Gasteiger partial charge in [-0.1, -0.05) is 369 Å². The largest absolute Gasteiger partial charge is 0.472 e. The quantitative estimate of drug-likeness (QED) is 0.0222. The number of carbonyl (C=O) groups excluding carboxylic acids is 4. The third-order valence-corrected chi connectivity index (χ3v) is 20.8. The summed E-state index contributed by atoms with van der Waals surface area (Å²) in [5, 5.41) is 10.6. The van der Waals surface area contributed by atoms with E-state index >= 15 is 0 Å². The number of carbonyl (C=O) groups is 4. The Morgan fingerprint density at radius 1 is 0.286 bits per heavy atom. The zero-order valence-electron chi connectivity index (χ0n) is 63.9. The van der Waals surface area contributed by atoms with Crippen molar-refractivity contribution in [3.8, 4) is 0 Å². The standard InChI is InChI=1S/C79H154O17P2/c1-6-10-13-16-19-22-24-26-28-30-32-34-36-38-40-43-49-54-59-64-78(83)95-74(69-90-77(82)63-58-53-48-42-39-37-35-33-31-29-27-25-23-20-17-14-11-7-2)70-93-97(85,86)91-66-73(80)67-92-98(87,88)94-71-75(68-89-76(81)62-57-52-47-41-21-18-15-12-8-3)96-79(84)65-60-55-50-45-44-46-51-56-61-72(5)9-4/h72-75,80H,6-71H2,1-5H3,(H,85,86)(H,87,88)/t72?,73-,74-,75-/m1/s1. The van der Waals surface area contributed by atoms with Crippen molar-refractivity contribution in [2.24, 2.45) is 5.92 Å². The lowest BCUT2D eigenvalue weighted by Gasteiger charge is -2.21. The predicted molar refractivity (Wildman–Crippen MR) is 400 cm³/mol. The van der Waals surface area contributed by atoms with E-state index in [0.29, 0.717) is 25.7 Å². The van der Waals surface area contributed by atoms with Crippen LogP contribution in [0.4, 0.5) is 0 Å². The first-order valence-electron chi connectivity index (χ1n) is 41.2. The van der Waals surface area contributed by atoms with Crippen molar-refractivity contribution in [2.45, 2.75) is 438 Å². The minimum atomic E-state index is -4.96. The normalized spacial score (nSPS) is 14.2. The molecule has 17 nitrogen and oxygen atoms in total. The number of aliphatic hydroxyl groups is 1. The molecule has 6 atom stereocenters. The van der Waals surface area contributed by atoms with Gasteiger partial charge in [0.2, 0.25) is 0 Å². The van der Waals surface area contributed by atoms with Gasteiger partial charge in [0.1, 0.15) is 19.3 Å². The number of aliphatic hydroxyl groups excluding tert-OH is 1. The molecule has 0 aromatic carbocycles. The molecule has 19 heteroatoms. The Balaban J connectivity index is 5.21. The maximum Gasteiger partial charge on any atom is 0.472 e. The Hall–Kier alpha value is -1.94. The zero-order chi connectivity index (χ0) is 71.9. The van der Waals surface area contributed by atoms with Crippen molar-refractivity contribution < 1.29 is 80.2 Å². The van der Waals surface area contributed by atoms with E-state index in [2.05, 4.69) is 34.6 Å². The molecular weight excluding hydrogens is 1280 g/mol. The van der Waals surface area contributed by atoms with Gasteiger partial charge in [-0.3, -0.25) is 37.3 Å². The molecule has 0 saturated carbocycles. The van der Waals surface area contributed by atoms with E-state index in [4.69, 9.17) is 37.0 Å². The van der Waals surface area contributed by atoms with Gasteiger partial charge in [-0.15, -0.1) is 0 Å². The Morgan fingerprint density at radius 2 is 0.490 bits per heavy atom. The maximum absolute atomic E-state index is 13.1. The summed E-state index contributed by atoms with van der Waals surface area (Å²) >= 11 is 0. The Morgan fingerprint density at radius 3 is 0.724 bits per heavy atom.